The molecule has 0 aliphatic carbocycles. The number of ether oxygens (including phenoxy) is 1. The molecular formula is C12H16FNO2. The van der Waals surface area contributed by atoms with Gasteiger partial charge in [-0.1, -0.05) is 12.1 Å². The van der Waals surface area contributed by atoms with Crippen LogP contribution in [0.1, 0.15) is 24.4 Å². The second-order valence-electron chi connectivity index (χ2n) is 3.51. The lowest BCUT2D eigenvalue weighted by Crippen LogP contribution is -2.17. The SMILES string of the molecule is CNC(CCC(=O)OC)c1ccc(F)cc1. The molecule has 16 heavy (non-hydrogen) atoms. The van der Waals surface area contributed by atoms with Crippen molar-refractivity contribution in [3.63, 3.8) is 0 Å². The molecule has 1 atom stereocenters. The number of esters is 1. The highest BCUT2D eigenvalue weighted by Crippen LogP contribution is 2.18. The molecule has 1 aromatic carbocycles. The molecule has 0 aromatic heterocycles. The Balaban J connectivity index is 2.60. The van der Waals surface area contributed by atoms with Crippen LogP contribution in [-0.4, -0.2) is 20.1 Å². The molecule has 4 heteroatoms. The molecular weight excluding hydrogens is 209 g/mol. The third-order valence-electron chi connectivity index (χ3n) is 2.49. The first-order valence-electron chi connectivity index (χ1n) is 5.17. The maximum absolute atomic E-state index is 12.7. The average Bonchev–Trinajstić information content (AvgIpc) is 2.31. The summed E-state index contributed by atoms with van der Waals surface area (Å²) in [6.07, 6.45) is 0.980. The molecule has 88 valence electrons. The standard InChI is InChI=1S/C12H16FNO2/c1-14-11(7-8-12(15)16-2)9-3-5-10(13)6-4-9/h3-6,11,14H,7-8H2,1-2H3. The summed E-state index contributed by atoms with van der Waals surface area (Å²) in [5, 5.41) is 3.09. The van der Waals surface area contributed by atoms with E-state index < -0.39 is 0 Å². The van der Waals surface area contributed by atoms with Gasteiger partial charge in [0.1, 0.15) is 5.82 Å². The van der Waals surface area contributed by atoms with Gasteiger partial charge in [0.05, 0.1) is 7.11 Å². The Morgan fingerprint density at radius 2 is 2.06 bits per heavy atom. The minimum Gasteiger partial charge on any atom is -0.469 e. The van der Waals surface area contributed by atoms with Crippen LogP contribution in [0.15, 0.2) is 24.3 Å². The molecule has 0 radical (unpaired) electrons. The maximum atomic E-state index is 12.7. The first-order chi connectivity index (χ1) is 7.67. The summed E-state index contributed by atoms with van der Waals surface area (Å²) in [5.41, 5.74) is 0.966. The van der Waals surface area contributed by atoms with Gasteiger partial charge in [0.25, 0.3) is 0 Å². The van der Waals surface area contributed by atoms with Crippen molar-refractivity contribution in [1.29, 1.82) is 0 Å². The second-order valence-corrected chi connectivity index (χ2v) is 3.51. The Morgan fingerprint density at radius 1 is 1.44 bits per heavy atom. The molecule has 0 bridgehead atoms. The van der Waals surface area contributed by atoms with Gasteiger partial charge in [-0.05, 0) is 31.2 Å². The largest absolute Gasteiger partial charge is 0.469 e. The van der Waals surface area contributed by atoms with Crippen molar-refractivity contribution in [3.05, 3.63) is 35.6 Å². The number of hydrogen-bond acceptors (Lipinski definition) is 3. The molecule has 3 nitrogen and oxygen atoms in total. The van der Waals surface area contributed by atoms with Crippen LogP contribution in [0.4, 0.5) is 4.39 Å². The van der Waals surface area contributed by atoms with E-state index in [-0.39, 0.29) is 17.8 Å². The van der Waals surface area contributed by atoms with Crippen molar-refractivity contribution < 1.29 is 13.9 Å². The predicted octanol–water partition coefficient (Wildman–Crippen LogP) is 2.04. The zero-order chi connectivity index (χ0) is 12.0. The summed E-state index contributed by atoms with van der Waals surface area (Å²) in [6, 6.07) is 6.30. The van der Waals surface area contributed by atoms with Crippen LogP contribution in [-0.2, 0) is 9.53 Å². The molecule has 0 saturated heterocycles. The van der Waals surface area contributed by atoms with Crippen molar-refractivity contribution >= 4 is 5.97 Å². The minimum atomic E-state index is -0.258. The zero-order valence-corrected chi connectivity index (χ0v) is 9.50. The molecule has 0 amide bonds. The molecule has 0 aliphatic rings. The van der Waals surface area contributed by atoms with E-state index in [1.165, 1.54) is 19.2 Å². The Morgan fingerprint density at radius 3 is 2.56 bits per heavy atom. The molecule has 0 spiro atoms. The lowest BCUT2D eigenvalue weighted by molar-refractivity contribution is -0.140. The molecule has 0 aliphatic heterocycles. The Kier molecular flexibility index (Phi) is 4.92. The lowest BCUT2D eigenvalue weighted by atomic mass is 10.0. The molecule has 1 aromatic rings. The highest BCUT2D eigenvalue weighted by molar-refractivity contribution is 5.69. The Hall–Kier alpha value is -1.42. The van der Waals surface area contributed by atoms with Crippen LogP contribution in [0.5, 0.6) is 0 Å². The number of hydrogen-bond donors (Lipinski definition) is 1. The summed E-state index contributed by atoms with van der Waals surface area (Å²) in [4.78, 5) is 11.0. The average molecular weight is 225 g/mol. The highest BCUT2D eigenvalue weighted by atomic mass is 19.1. The van der Waals surface area contributed by atoms with Gasteiger partial charge in [0.2, 0.25) is 0 Å². The van der Waals surface area contributed by atoms with Crippen LogP contribution in [0.3, 0.4) is 0 Å². The van der Waals surface area contributed by atoms with Gasteiger partial charge in [-0.15, -0.1) is 0 Å². The number of carbonyl (C=O) groups excluding carboxylic acids is 1. The van der Waals surface area contributed by atoms with Crippen molar-refractivity contribution in [2.75, 3.05) is 14.2 Å². The van der Waals surface area contributed by atoms with Crippen LogP contribution >= 0.6 is 0 Å². The van der Waals surface area contributed by atoms with Crippen molar-refractivity contribution in [2.24, 2.45) is 0 Å². The van der Waals surface area contributed by atoms with Gasteiger partial charge in [-0.3, -0.25) is 4.79 Å². The second kappa shape index (κ2) is 6.23. The Labute approximate surface area is 94.6 Å². The fourth-order valence-corrected chi connectivity index (χ4v) is 1.54. The molecule has 0 saturated carbocycles. The molecule has 0 fully saturated rings. The van der Waals surface area contributed by atoms with Crippen LogP contribution in [0.2, 0.25) is 0 Å². The van der Waals surface area contributed by atoms with Gasteiger partial charge in [-0.2, -0.15) is 0 Å². The predicted molar refractivity (Wildman–Crippen MR) is 59.5 cm³/mol. The number of nitrogens with one attached hydrogen (secondary N) is 1. The van der Waals surface area contributed by atoms with Gasteiger partial charge >= 0.3 is 5.97 Å². The molecule has 1 unspecified atom stereocenters. The van der Waals surface area contributed by atoms with Crippen molar-refractivity contribution in [2.45, 2.75) is 18.9 Å². The third kappa shape index (κ3) is 3.62. The smallest absolute Gasteiger partial charge is 0.305 e. The van der Waals surface area contributed by atoms with E-state index in [1.54, 1.807) is 12.1 Å². The first-order valence-corrected chi connectivity index (χ1v) is 5.17. The highest BCUT2D eigenvalue weighted by Gasteiger charge is 2.11. The molecule has 1 N–H and O–H groups in total. The van der Waals surface area contributed by atoms with E-state index >= 15 is 0 Å². The minimum absolute atomic E-state index is 0.0414. The molecule has 1 rings (SSSR count). The van der Waals surface area contributed by atoms with Gasteiger partial charge in [-0.25, -0.2) is 4.39 Å². The fourth-order valence-electron chi connectivity index (χ4n) is 1.54. The van der Waals surface area contributed by atoms with Gasteiger partial charge in [0.15, 0.2) is 0 Å². The van der Waals surface area contributed by atoms with Crippen LogP contribution < -0.4 is 5.32 Å². The maximum Gasteiger partial charge on any atom is 0.305 e. The van der Waals surface area contributed by atoms with E-state index in [2.05, 4.69) is 10.1 Å². The van der Waals surface area contributed by atoms with Crippen molar-refractivity contribution in [1.82, 2.24) is 5.32 Å². The van der Waals surface area contributed by atoms with E-state index in [0.717, 1.165) is 5.56 Å². The Bertz CT molecular complexity index is 337. The third-order valence-corrected chi connectivity index (χ3v) is 2.49. The van der Waals surface area contributed by atoms with E-state index in [0.29, 0.717) is 12.8 Å². The fraction of sp³-hybridized carbons (Fsp3) is 0.417. The monoisotopic (exact) mass is 225 g/mol. The lowest BCUT2D eigenvalue weighted by Gasteiger charge is -2.15. The topological polar surface area (TPSA) is 38.3 Å². The van der Waals surface area contributed by atoms with Gasteiger partial charge in [0, 0.05) is 12.5 Å². The number of benzene rings is 1. The number of carbonyl (C=O) groups is 1. The van der Waals surface area contributed by atoms with E-state index in [4.69, 9.17) is 0 Å². The summed E-state index contributed by atoms with van der Waals surface area (Å²) < 4.78 is 17.3. The summed E-state index contributed by atoms with van der Waals surface area (Å²) >= 11 is 0. The molecule has 0 heterocycles. The van der Waals surface area contributed by atoms with E-state index in [1.807, 2.05) is 7.05 Å². The number of methoxy groups -OCH3 is 1. The normalized spacial score (nSPS) is 12.2. The quantitative estimate of drug-likeness (QED) is 0.779. The zero-order valence-electron chi connectivity index (χ0n) is 9.50. The van der Waals surface area contributed by atoms with E-state index in [9.17, 15) is 9.18 Å². The summed E-state index contributed by atoms with van der Waals surface area (Å²) in [6.45, 7) is 0. The van der Waals surface area contributed by atoms with Crippen molar-refractivity contribution in [3.8, 4) is 0 Å². The number of halogens is 1. The number of rotatable bonds is 5. The van der Waals surface area contributed by atoms with Crippen LogP contribution in [0.25, 0.3) is 0 Å². The first kappa shape index (κ1) is 12.6. The summed E-state index contributed by atoms with van der Waals surface area (Å²) in [7, 11) is 3.18. The van der Waals surface area contributed by atoms with Crippen LogP contribution in [0, 0.1) is 5.82 Å². The van der Waals surface area contributed by atoms with Gasteiger partial charge < -0.3 is 10.1 Å². The summed E-state index contributed by atoms with van der Waals surface area (Å²) in [5.74, 6) is -0.492.